The zero-order chi connectivity index (χ0) is 26.3. The number of hydrogen-bond donors (Lipinski definition) is 1. The van der Waals surface area contributed by atoms with E-state index in [9.17, 15) is 14.3 Å². The Balaban J connectivity index is 1.34. The maximum absolute atomic E-state index is 13.7. The van der Waals surface area contributed by atoms with Crippen molar-refractivity contribution in [1.82, 2.24) is 19.7 Å². The van der Waals surface area contributed by atoms with E-state index in [-0.39, 0.29) is 11.5 Å². The molecular weight excluding hydrogens is 485 g/mol. The maximum atomic E-state index is 13.7. The fourth-order valence-corrected chi connectivity index (χ4v) is 6.40. The van der Waals surface area contributed by atoms with Crippen molar-refractivity contribution in [3.05, 3.63) is 47.5 Å². The van der Waals surface area contributed by atoms with Crippen LogP contribution in [-0.2, 0) is 4.74 Å². The lowest BCUT2D eigenvalue weighted by atomic mass is 9.71. The van der Waals surface area contributed by atoms with Gasteiger partial charge in [-0.3, -0.25) is 0 Å². The van der Waals surface area contributed by atoms with E-state index in [0.717, 1.165) is 81.8 Å². The van der Waals surface area contributed by atoms with Crippen molar-refractivity contribution >= 4 is 22.7 Å². The zero-order valence-electron chi connectivity index (χ0n) is 22.0. The van der Waals surface area contributed by atoms with Crippen LogP contribution in [0.1, 0.15) is 67.0 Å². The lowest BCUT2D eigenvalue weighted by molar-refractivity contribution is 0.0618. The Hall–Kier alpha value is -3.04. The SMILES string of the molecule is COCCN1CCC2(CC1)CCN(c1cc(C(=O)O)nc3c1c(C1CCC1)nn3-c1ccc(F)cc1)CC2. The van der Waals surface area contributed by atoms with Gasteiger partial charge in [0.2, 0.25) is 0 Å². The molecule has 0 bridgehead atoms. The predicted octanol–water partition coefficient (Wildman–Crippen LogP) is 4.85. The van der Waals surface area contributed by atoms with Gasteiger partial charge in [-0.2, -0.15) is 5.10 Å². The largest absolute Gasteiger partial charge is 0.477 e. The molecule has 202 valence electrons. The van der Waals surface area contributed by atoms with Crippen molar-refractivity contribution in [2.45, 2.75) is 50.9 Å². The van der Waals surface area contributed by atoms with Gasteiger partial charge < -0.3 is 19.6 Å². The first-order valence-corrected chi connectivity index (χ1v) is 13.9. The minimum Gasteiger partial charge on any atom is -0.477 e. The van der Waals surface area contributed by atoms with Crippen molar-refractivity contribution in [3.63, 3.8) is 0 Å². The summed E-state index contributed by atoms with van der Waals surface area (Å²) in [6.07, 6.45) is 7.90. The van der Waals surface area contributed by atoms with Crippen LogP contribution in [-0.4, -0.2) is 77.2 Å². The second-order valence-electron chi connectivity index (χ2n) is 11.3. The Morgan fingerprint density at radius 2 is 1.79 bits per heavy atom. The Bertz CT molecular complexity index is 1300. The summed E-state index contributed by atoms with van der Waals surface area (Å²) in [5.74, 6) is -1.04. The van der Waals surface area contributed by atoms with Gasteiger partial charge >= 0.3 is 5.97 Å². The molecule has 1 aromatic carbocycles. The van der Waals surface area contributed by atoms with Gasteiger partial charge in [0.15, 0.2) is 11.3 Å². The number of hydrogen-bond acceptors (Lipinski definition) is 6. The second-order valence-corrected chi connectivity index (χ2v) is 11.3. The molecule has 2 saturated heterocycles. The van der Waals surface area contributed by atoms with E-state index in [4.69, 9.17) is 9.84 Å². The third-order valence-electron chi connectivity index (χ3n) is 9.12. The van der Waals surface area contributed by atoms with E-state index in [1.807, 2.05) is 0 Å². The van der Waals surface area contributed by atoms with Gasteiger partial charge in [0.05, 0.1) is 29.1 Å². The number of halogens is 1. The molecule has 9 heteroatoms. The number of methoxy groups -OCH3 is 1. The predicted molar refractivity (Wildman–Crippen MR) is 144 cm³/mol. The fourth-order valence-electron chi connectivity index (χ4n) is 6.40. The summed E-state index contributed by atoms with van der Waals surface area (Å²) < 4.78 is 20.6. The van der Waals surface area contributed by atoms with Crippen LogP contribution in [0, 0.1) is 11.2 Å². The molecule has 3 aliphatic rings. The lowest BCUT2D eigenvalue weighted by Gasteiger charge is -2.47. The highest BCUT2D eigenvalue weighted by Crippen LogP contribution is 2.46. The van der Waals surface area contributed by atoms with Crippen LogP contribution in [0.5, 0.6) is 0 Å². The number of carbonyl (C=O) groups is 1. The molecule has 2 aromatic heterocycles. The third kappa shape index (κ3) is 4.66. The first kappa shape index (κ1) is 25.2. The molecule has 0 radical (unpaired) electrons. The highest BCUT2D eigenvalue weighted by molar-refractivity contribution is 5.98. The first-order chi connectivity index (χ1) is 18.5. The van der Waals surface area contributed by atoms with Crippen molar-refractivity contribution < 1.29 is 19.0 Å². The van der Waals surface area contributed by atoms with E-state index in [1.54, 1.807) is 30.0 Å². The number of carboxylic acid groups (broad SMARTS) is 1. The molecule has 6 rings (SSSR count). The molecule has 1 spiro atoms. The van der Waals surface area contributed by atoms with Crippen molar-refractivity contribution in [1.29, 1.82) is 0 Å². The van der Waals surface area contributed by atoms with E-state index < -0.39 is 5.97 Å². The number of piperidine rings is 2. The molecule has 0 unspecified atom stereocenters. The maximum Gasteiger partial charge on any atom is 0.354 e. The molecule has 1 saturated carbocycles. The van der Waals surface area contributed by atoms with E-state index >= 15 is 0 Å². The number of nitrogens with zero attached hydrogens (tertiary/aromatic N) is 5. The highest BCUT2D eigenvalue weighted by Gasteiger charge is 2.39. The lowest BCUT2D eigenvalue weighted by Crippen LogP contribution is -2.47. The average Bonchev–Trinajstić information content (AvgIpc) is 3.27. The number of anilines is 1. The molecule has 3 fully saturated rings. The quantitative estimate of drug-likeness (QED) is 0.476. The Labute approximate surface area is 222 Å². The summed E-state index contributed by atoms with van der Waals surface area (Å²) in [5, 5.41) is 15.9. The van der Waals surface area contributed by atoms with Gasteiger partial charge in [0, 0.05) is 32.7 Å². The Morgan fingerprint density at radius 3 is 2.39 bits per heavy atom. The first-order valence-electron chi connectivity index (χ1n) is 13.9. The van der Waals surface area contributed by atoms with Crippen LogP contribution in [0.2, 0.25) is 0 Å². The van der Waals surface area contributed by atoms with Crippen molar-refractivity contribution in [3.8, 4) is 5.69 Å². The summed E-state index contributed by atoms with van der Waals surface area (Å²) in [6, 6.07) is 7.89. The number of likely N-dealkylation sites (tertiary alicyclic amines) is 1. The summed E-state index contributed by atoms with van der Waals surface area (Å²) in [6.45, 7) is 5.78. The number of aromatic carboxylic acids is 1. The Morgan fingerprint density at radius 1 is 1.11 bits per heavy atom. The molecule has 1 N–H and O–H groups in total. The summed E-state index contributed by atoms with van der Waals surface area (Å²) in [7, 11) is 1.76. The molecule has 1 aliphatic carbocycles. The second kappa shape index (κ2) is 10.3. The summed E-state index contributed by atoms with van der Waals surface area (Å²) >= 11 is 0. The van der Waals surface area contributed by atoms with Gasteiger partial charge in [-0.25, -0.2) is 18.9 Å². The molecule has 3 aromatic rings. The normalized spacial score (nSPS) is 20.2. The van der Waals surface area contributed by atoms with Crippen LogP contribution >= 0.6 is 0 Å². The number of carboxylic acids is 1. The van der Waals surface area contributed by atoms with Gasteiger partial charge in [0.25, 0.3) is 0 Å². The number of aromatic nitrogens is 3. The van der Waals surface area contributed by atoms with Gasteiger partial charge in [-0.05, 0) is 87.4 Å². The average molecular weight is 522 g/mol. The molecule has 4 heterocycles. The number of fused-ring (bicyclic) bond motifs is 1. The Kier molecular flexibility index (Phi) is 6.82. The summed E-state index contributed by atoms with van der Waals surface area (Å²) in [4.78, 5) is 21.6. The fraction of sp³-hybridized carbons (Fsp3) is 0.552. The van der Waals surface area contributed by atoms with E-state index in [2.05, 4.69) is 14.8 Å². The van der Waals surface area contributed by atoms with Crippen molar-refractivity contribution in [2.75, 3.05) is 51.3 Å². The van der Waals surface area contributed by atoms with E-state index in [0.29, 0.717) is 22.7 Å². The third-order valence-corrected chi connectivity index (χ3v) is 9.12. The van der Waals surface area contributed by atoms with Crippen LogP contribution in [0.25, 0.3) is 16.7 Å². The van der Waals surface area contributed by atoms with Crippen LogP contribution < -0.4 is 4.90 Å². The van der Waals surface area contributed by atoms with Gasteiger partial charge in [-0.1, -0.05) is 6.42 Å². The standard InChI is InChI=1S/C29H36FN5O3/c1-38-18-17-33-13-9-29(10-14-33)11-15-34(16-12-29)24-19-23(28(36)37)31-27-25(24)26(20-3-2-4-20)32-35(27)22-7-5-21(30)6-8-22/h5-8,19-20H,2-4,9-18H2,1H3,(H,36,37). The van der Waals surface area contributed by atoms with Crippen molar-refractivity contribution in [2.24, 2.45) is 5.41 Å². The van der Waals surface area contributed by atoms with Crippen LogP contribution in [0.15, 0.2) is 30.3 Å². The number of ether oxygens (including phenoxy) is 1. The number of benzene rings is 1. The summed E-state index contributed by atoms with van der Waals surface area (Å²) in [5.41, 5.74) is 3.51. The molecule has 2 aliphatic heterocycles. The smallest absolute Gasteiger partial charge is 0.354 e. The zero-order valence-corrected chi connectivity index (χ0v) is 22.0. The van der Waals surface area contributed by atoms with Crippen LogP contribution in [0.3, 0.4) is 0 Å². The number of pyridine rings is 1. The monoisotopic (exact) mass is 521 g/mol. The van der Waals surface area contributed by atoms with Crippen LogP contribution in [0.4, 0.5) is 10.1 Å². The molecule has 0 atom stereocenters. The van der Waals surface area contributed by atoms with Gasteiger partial charge in [-0.15, -0.1) is 0 Å². The number of rotatable bonds is 7. The highest BCUT2D eigenvalue weighted by atomic mass is 19.1. The minimum absolute atomic E-state index is 0.0164. The topological polar surface area (TPSA) is 83.7 Å². The molecule has 0 amide bonds. The molecule has 8 nitrogen and oxygen atoms in total. The van der Waals surface area contributed by atoms with Gasteiger partial charge in [0.1, 0.15) is 5.82 Å². The minimum atomic E-state index is -1.05. The van der Waals surface area contributed by atoms with E-state index in [1.165, 1.54) is 31.4 Å². The molecule has 38 heavy (non-hydrogen) atoms. The molecular formula is C29H36FN5O3.